The van der Waals surface area contributed by atoms with Crippen LogP contribution in [-0.4, -0.2) is 28.0 Å². The molecule has 0 aliphatic heterocycles. The van der Waals surface area contributed by atoms with E-state index in [1.165, 1.54) is 6.92 Å². The van der Waals surface area contributed by atoms with Crippen molar-refractivity contribution in [1.29, 1.82) is 0 Å². The maximum absolute atomic E-state index is 12.6. The third-order valence-corrected chi connectivity index (χ3v) is 3.74. The normalized spacial score (nSPS) is 21.2. The Hall–Kier alpha value is -2.39. The lowest BCUT2D eigenvalue weighted by atomic mass is 9.93. The molecule has 1 aliphatic carbocycles. The van der Waals surface area contributed by atoms with Gasteiger partial charge < -0.3 is 10.1 Å². The number of hydrogen-bond acceptors (Lipinski definition) is 6. The summed E-state index contributed by atoms with van der Waals surface area (Å²) in [6, 6.07) is 0.291. The lowest BCUT2D eigenvalue weighted by molar-refractivity contribution is -0.384. The van der Waals surface area contributed by atoms with Crippen molar-refractivity contribution < 1.29 is 27.6 Å². The van der Waals surface area contributed by atoms with Gasteiger partial charge in [-0.15, -0.1) is 0 Å². The highest BCUT2D eigenvalue weighted by Crippen LogP contribution is 2.34. The molecule has 1 heterocycles. The van der Waals surface area contributed by atoms with Gasteiger partial charge in [0, 0.05) is 25.2 Å². The molecule has 7 nitrogen and oxygen atoms in total. The SMILES string of the molecule is CC(=O)OC1CCC(Nc2ncc(C(F)(F)F)cc2[N+](=O)[O-])CC1. The summed E-state index contributed by atoms with van der Waals surface area (Å²) in [7, 11) is 0. The van der Waals surface area contributed by atoms with E-state index < -0.39 is 22.4 Å². The van der Waals surface area contributed by atoms with Gasteiger partial charge in [0.15, 0.2) is 0 Å². The molecule has 0 bridgehead atoms. The first-order chi connectivity index (χ1) is 11.2. The van der Waals surface area contributed by atoms with Crippen LogP contribution >= 0.6 is 0 Å². The number of halogens is 3. The number of nitrogens with zero attached hydrogens (tertiary/aromatic N) is 2. The summed E-state index contributed by atoms with van der Waals surface area (Å²) in [5.74, 6) is -0.560. The second kappa shape index (κ2) is 7.02. The Balaban J connectivity index is 2.07. The summed E-state index contributed by atoms with van der Waals surface area (Å²) in [6.07, 6.45) is -2.04. The Kier molecular flexibility index (Phi) is 5.25. The standard InChI is InChI=1S/C14H16F3N3O4/c1-8(21)24-11-4-2-10(3-5-11)19-13-12(20(22)23)6-9(7-18-13)14(15,16)17/h6-7,10-11H,2-5H2,1H3,(H,18,19). The second-order valence-electron chi connectivity index (χ2n) is 5.57. The molecule has 1 fully saturated rings. The maximum atomic E-state index is 12.6. The summed E-state index contributed by atoms with van der Waals surface area (Å²) in [5, 5.41) is 13.8. The summed E-state index contributed by atoms with van der Waals surface area (Å²) in [6.45, 7) is 1.32. The van der Waals surface area contributed by atoms with Crippen LogP contribution in [0.1, 0.15) is 38.2 Å². The first kappa shape index (κ1) is 18.0. The summed E-state index contributed by atoms with van der Waals surface area (Å²) in [5.41, 5.74) is -1.88. The van der Waals surface area contributed by atoms with Crippen LogP contribution in [0.15, 0.2) is 12.3 Å². The van der Waals surface area contributed by atoms with E-state index in [9.17, 15) is 28.1 Å². The second-order valence-corrected chi connectivity index (χ2v) is 5.57. The van der Waals surface area contributed by atoms with E-state index in [1.807, 2.05) is 0 Å². The van der Waals surface area contributed by atoms with Crippen LogP contribution < -0.4 is 5.32 Å². The molecular weight excluding hydrogens is 331 g/mol. The van der Waals surface area contributed by atoms with E-state index in [4.69, 9.17) is 4.74 Å². The van der Waals surface area contributed by atoms with Gasteiger partial charge in [0.1, 0.15) is 6.10 Å². The predicted octanol–water partition coefficient (Wildman–Crippen LogP) is 3.29. The van der Waals surface area contributed by atoms with E-state index in [0.717, 1.165) is 0 Å². The summed E-state index contributed by atoms with van der Waals surface area (Å²) in [4.78, 5) is 24.6. The quantitative estimate of drug-likeness (QED) is 0.510. The molecule has 1 aromatic heterocycles. The van der Waals surface area contributed by atoms with Crippen molar-refractivity contribution in [1.82, 2.24) is 4.98 Å². The zero-order valence-electron chi connectivity index (χ0n) is 12.8. The summed E-state index contributed by atoms with van der Waals surface area (Å²) < 4.78 is 43.0. The number of hydrogen-bond donors (Lipinski definition) is 1. The molecule has 0 radical (unpaired) electrons. The molecule has 0 atom stereocenters. The van der Waals surface area contributed by atoms with Crippen molar-refractivity contribution in [3.05, 3.63) is 27.9 Å². The van der Waals surface area contributed by atoms with Crippen LogP contribution in [0.5, 0.6) is 0 Å². The van der Waals surface area contributed by atoms with Gasteiger partial charge in [-0.25, -0.2) is 4.98 Å². The highest BCUT2D eigenvalue weighted by molar-refractivity contribution is 5.66. The molecular formula is C14H16F3N3O4. The molecule has 0 saturated heterocycles. The lowest BCUT2D eigenvalue weighted by Crippen LogP contribution is -2.31. The van der Waals surface area contributed by atoms with E-state index in [0.29, 0.717) is 37.9 Å². The van der Waals surface area contributed by atoms with Crippen molar-refractivity contribution in [3.8, 4) is 0 Å². The third-order valence-electron chi connectivity index (χ3n) is 3.74. The minimum absolute atomic E-state index is 0.181. The van der Waals surface area contributed by atoms with Gasteiger partial charge in [0.05, 0.1) is 10.5 Å². The zero-order valence-corrected chi connectivity index (χ0v) is 12.8. The Labute approximate surface area is 135 Å². The number of rotatable bonds is 4. The molecule has 0 spiro atoms. The number of aromatic nitrogens is 1. The Morgan fingerprint density at radius 1 is 1.38 bits per heavy atom. The van der Waals surface area contributed by atoms with E-state index >= 15 is 0 Å². The fraction of sp³-hybridized carbons (Fsp3) is 0.571. The van der Waals surface area contributed by atoms with E-state index in [1.54, 1.807) is 0 Å². The average Bonchev–Trinajstić information content (AvgIpc) is 2.47. The number of esters is 1. The number of pyridine rings is 1. The topological polar surface area (TPSA) is 94.4 Å². The lowest BCUT2D eigenvalue weighted by Gasteiger charge is -2.28. The van der Waals surface area contributed by atoms with Gasteiger partial charge >= 0.3 is 17.8 Å². The monoisotopic (exact) mass is 347 g/mol. The van der Waals surface area contributed by atoms with Crippen molar-refractivity contribution in [2.24, 2.45) is 0 Å². The van der Waals surface area contributed by atoms with Gasteiger partial charge in [-0.3, -0.25) is 14.9 Å². The zero-order chi connectivity index (χ0) is 17.9. The molecule has 24 heavy (non-hydrogen) atoms. The fourth-order valence-electron chi connectivity index (χ4n) is 2.61. The minimum Gasteiger partial charge on any atom is -0.463 e. The number of nitro groups is 1. The van der Waals surface area contributed by atoms with E-state index in [2.05, 4.69) is 10.3 Å². The van der Waals surface area contributed by atoms with Gasteiger partial charge in [0.2, 0.25) is 5.82 Å². The number of alkyl halides is 3. The average molecular weight is 347 g/mol. The van der Waals surface area contributed by atoms with Gasteiger partial charge in [-0.05, 0) is 25.7 Å². The number of carbonyl (C=O) groups is 1. The highest BCUT2D eigenvalue weighted by atomic mass is 19.4. The Morgan fingerprint density at radius 3 is 2.50 bits per heavy atom. The first-order valence-electron chi connectivity index (χ1n) is 7.32. The molecule has 0 amide bonds. The fourth-order valence-corrected chi connectivity index (χ4v) is 2.61. The largest absolute Gasteiger partial charge is 0.463 e. The van der Waals surface area contributed by atoms with Crippen molar-refractivity contribution in [2.45, 2.75) is 50.9 Å². The number of carbonyl (C=O) groups excluding carboxylic acids is 1. The van der Waals surface area contributed by atoms with Crippen molar-refractivity contribution in [3.63, 3.8) is 0 Å². The molecule has 1 aromatic rings. The van der Waals surface area contributed by atoms with Crippen LogP contribution in [0, 0.1) is 10.1 Å². The molecule has 2 rings (SSSR count). The first-order valence-corrected chi connectivity index (χ1v) is 7.32. The molecule has 132 valence electrons. The Morgan fingerprint density at radius 2 is 2.00 bits per heavy atom. The van der Waals surface area contributed by atoms with Crippen LogP contribution in [-0.2, 0) is 15.7 Å². The van der Waals surface area contributed by atoms with Crippen molar-refractivity contribution in [2.75, 3.05) is 5.32 Å². The minimum atomic E-state index is -4.70. The van der Waals surface area contributed by atoms with E-state index in [-0.39, 0.29) is 23.9 Å². The Bertz CT molecular complexity index is 628. The summed E-state index contributed by atoms with van der Waals surface area (Å²) >= 11 is 0. The van der Waals surface area contributed by atoms with Gasteiger partial charge in [0.25, 0.3) is 0 Å². The smallest absolute Gasteiger partial charge is 0.418 e. The van der Waals surface area contributed by atoms with Gasteiger partial charge in [-0.2, -0.15) is 13.2 Å². The predicted molar refractivity (Wildman–Crippen MR) is 77.3 cm³/mol. The molecule has 1 saturated carbocycles. The molecule has 0 unspecified atom stereocenters. The maximum Gasteiger partial charge on any atom is 0.418 e. The number of anilines is 1. The highest BCUT2D eigenvalue weighted by Gasteiger charge is 2.34. The third kappa shape index (κ3) is 4.56. The van der Waals surface area contributed by atoms with Crippen LogP contribution in [0.2, 0.25) is 0 Å². The number of ether oxygens (including phenoxy) is 1. The molecule has 1 aliphatic rings. The van der Waals surface area contributed by atoms with Gasteiger partial charge in [-0.1, -0.05) is 0 Å². The van der Waals surface area contributed by atoms with Crippen LogP contribution in [0.4, 0.5) is 24.7 Å². The molecule has 1 N–H and O–H groups in total. The van der Waals surface area contributed by atoms with Crippen molar-refractivity contribution >= 4 is 17.5 Å². The van der Waals surface area contributed by atoms with Crippen LogP contribution in [0.3, 0.4) is 0 Å². The molecule has 10 heteroatoms. The number of nitrogens with one attached hydrogen (secondary N) is 1. The van der Waals surface area contributed by atoms with Crippen LogP contribution in [0.25, 0.3) is 0 Å². The molecule has 0 aromatic carbocycles.